The molecule has 0 radical (unpaired) electrons. The molecule has 0 spiro atoms. The molecule has 26 heavy (non-hydrogen) atoms. The molecule has 0 aliphatic heterocycles. The van der Waals surface area contributed by atoms with Gasteiger partial charge in [0.15, 0.2) is 0 Å². The molecule has 0 saturated carbocycles. The van der Waals surface area contributed by atoms with E-state index < -0.39 is 0 Å². The molecule has 0 atom stereocenters. The molecule has 0 unspecified atom stereocenters. The van der Waals surface area contributed by atoms with Crippen molar-refractivity contribution in [1.82, 2.24) is 24.7 Å². The van der Waals surface area contributed by atoms with Gasteiger partial charge in [-0.15, -0.1) is 11.3 Å². The topological polar surface area (TPSA) is 59.4 Å². The highest BCUT2D eigenvalue weighted by atomic mass is 32.1. The van der Waals surface area contributed by atoms with Crippen LogP contribution < -0.4 is 0 Å². The van der Waals surface area contributed by atoms with E-state index in [0.717, 1.165) is 43.2 Å². The number of rotatable bonds is 3. The Morgan fingerprint density at radius 3 is 2.62 bits per heavy atom. The smallest absolute Gasteiger partial charge is 0.141 e. The molecule has 0 aliphatic rings. The van der Waals surface area contributed by atoms with Gasteiger partial charge in [0, 0.05) is 18.8 Å². The minimum Gasteiger partial charge on any atom is -0.338 e. The molecule has 0 amide bonds. The van der Waals surface area contributed by atoms with Crippen molar-refractivity contribution < 1.29 is 0 Å². The fourth-order valence-electron chi connectivity index (χ4n) is 2.98. The predicted molar refractivity (Wildman–Crippen MR) is 106 cm³/mol. The summed E-state index contributed by atoms with van der Waals surface area (Å²) in [7, 11) is 1.91. The van der Waals surface area contributed by atoms with Crippen molar-refractivity contribution in [2.75, 3.05) is 0 Å². The quantitative estimate of drug-likeness (QED) is 0.517. The fourth-order valence-corrected chi connectivity index (χ4v) is 3.96. The Bertz CT molecular complexity index is 1120. The number of thiazole rings is 1. The third-order valence-corrected chi connectivity index (χ3v) is 5.27. The standard InChI is InChI=1S/C20H15N5S/c1-25-12-13(11-21-25)10-14(19-22-15-6-2-3-7-16(15)23-19)20-24-17-8-4-5-9-18(17)26-20/h2-12H,1H3,(H,22,23)/b14-10+. The van der Waals surface area contributed by atoms with Crippen LogP contribution in [0.3, 0.4) is 0 Å². The lowest BCUT2D eigenvalue weighted by Crippen LogP contribution is -1.90. The summed E-state index contributed by atoms with van der Waals surface area (Å²) in [6.07, 6.45) is 5.91. The Labute approximate surface area is 153 Å². The number of benzene rings is 2. The number of hydrogen-bond donors (Lipinski definition) is 1. The highest BCUT2D eigenvalue weighted by Gasteiger charge is 2.15. The number of H-pyrrole nitrogens is 1. The number of aryl methyl sites for hydroxylation is 1. The molecule has 5 nitrogen and oxygen atoms in total. The maximum Gasteiger partial charge on any atom is 0.141 e. The van der Waals surface area contributed by atoms with E-state index in [1.54, 1.807) is 16.0 Å². The molecule has 5 rings (SSSR count). The molecule has 0 bridgehead atoms. The van der Waals surface area contributed by atoms with Crippen molar-refractivity contribution in [3.8, 4) is 0 Å². The van der Waals surface area contributed by atoms with Crippen molar-refractivity contribution in [1.29, 1.82) is 0 Å². The van der Waals surface area contributed by atoms with Gasteiger partial charge in [-0.25, -0.2) is 9.97 Å². The SMILES string of the molecule is Cn1cc(/C=C(\c2nc3ccccc3[nH]2)c2nc3ccccc3s2)cn1. The Hall–Kier alpha value is -3.25. The first-order chi connectivity index (χ1) is 12.8. The molecule has 3 aromatic heterocycles. The van der Waals surface area contributed by atoms with Crippen molar-refractivity contribution in [2.24, 2.45) is 7.05 Å². The number of nitrogens with zero attached hydrogens (tertiary/aromatic N) is 4. The van der Waals surface area contributed by atoms with Gasteiger partial charge in [-0.3, -0.25) is 4.68 Å². The van der Waals surface area contributed by atoms with Crippen LogP contribution in [0.15, 0.2) is 60.9 Å². The number of imidazole rings is 1. The van der Waals surface area contributed by atoms with Gasteiger partial charge < -0.3 is 4.98 Å². The maximum absolute atomic E-state index is 4.83. The minimum absolute atomic E-state index is 0.814. The van der Waals surface area contributed by atoms with Gasteiger partial charge in [0.25, 0.3) is 0 Å². The van der Waals surface area contributed by atoms with Gasteiger partial charge >= 0.3 is 0 Å². The lowest BCUT2D eigenvalue weighted by atomic mass is 10.2. The van der Waals surface area contributed by atoms with Gasteiger partial charge in [0.05, 0.1) is 33.0 Å². The molecule has 0 fully saturated rings. The molecule has 0 aliphatic carbocycles. The largest absolute Gasteiger partial charge is 0.338 e. The molecule has 5 aromatic rings. The molecule has 126 valence electrons. The molecule has 1 N–H and O–H groups in total. The highest BCUT2D eigenvalue weighted by Crippen LogP contribution is 2.32. The predicted octanol–water partition coefficient (Wildman–Crippen LogP) is 4.50. The summed E-state index contributed by atoms with van der Waals surface area (Å²) in [5, 5.41) is 5.21. The van der Waals surface area contributed by atoms with Crippen LogP contribution in [0.2, 0.25) is 0 Å². The van der Waals surface area contributed by atoms with Crippen LogP contribution >= 0.6 is 11.3 Å². The van der Waals surface area contributed by atoms with E-state index in [2.05, 4.69) is 22.2 Å². The molecular weight excluding hydrogens is 342 g/mol. The molecule has 3 heterocycles. The van der Waals surface area contributed by atoms with Crippen molar-refractivity contribution in [3.05, 3.63) is 77.3 Å². The Balaban J connectivity index is 1.73. The maximum atomic E-state index is 4.83. The van der Waals surface area contributed by atoms with Crippen LogP contribution in [-0.4, -0.2) is 24.7 Å². The first kappa shape index (κ1) is 15.0. The second-order valence-corrected chi connectivity index (χ2v) is 7.13. The van der Waals surface area contributed by atoms with Gasteiger partial charge in [-0.1, -0.05) is 24.3 Å². The monoisotopic (exact) mass is 357 g/mol. The van der Waals surface area contributed by atoms with Gasteiger partial charge in [0.2, 0.25) is 0 Å². The van der Waals surface area contributed by atoms with E-state index in [9.17, 15) is 0 Å². The first-order valence-electron chi connectivity index (χ1n) is 8.28. The average Bonchev–Trinajstić information content (AvgIpc) is 3.36. The Kier molecular flexibility index (Phi) is 3.43. The first-order valence-corrected chi connectivity index (χ1v) is 9.09. The molecule has 6 heteroatoms. The number of aromatic amines is 1. The molecular formula is C20H15N5S. The summed E-state index contributed by atoms with van der Waals surface area (Å²) < 4.78 is 2.95. The third-order valence-electron chi connectivity index (χ3n) is 4.20. The van der Waals surface area contributed by atoms with Crippen LogP contribution in [0.5, 0.6) is 0 Å². The highest BCUT2D eigenvalue weighted by molar-refractivity contribution is 7.19. The normalized spacial score (nSPS) is 12.3. The van der Waals surface area contributed by atoms with E-state index in [1.807, 2.05) is 61.9 Å². The van der Waals surface area contributed by atoms with Crippen LogP contribution in [0.25, 0.3) is 32.9 Å². The van der Waals surface area contributed by atoms with E-state index in [1.165, 1.54) is 0 Å². The summed E-state index contributed by atoms with van der Waals surface area (Å²) >= 11 is 1.67. The van der Waals surface area contributed by atoms with Crippen molar-refractivity contribution in [3.63, 3.8) is 0 Å². The fraction of sp³-hybridized carbons (Fsp3) is 0.0500. The number of aromatic nitrogens is 5. The van der Waals surface area contributed by atoms with E-state index in [0.29, 0.717) is 0 Å². The van der Waals surface area contributed by atoms with Crippen molar-refractivity contribution in [2.45, 2.75) is 0 Å². The number of hydrogen-bond acceptors (Lipinski definition) is 4. The van der Waals surface area contributed by atoms with Gasteiger partial charge in [-0.05, 0) is 30.3 Å². The molecule has 2 aromatic carbocycles. The summed E-state index contributed by atoms with van der Waals surface area (Å²) in [5.74, 6) is 0.814. The zero-order valence-corrected chi connectivity index (χ0v) is 14.9. The number of nitrogens with one attached hydrogen (secondary N) is 1. The Morgan fingerprint density at radius 2 is 1.85 bits per heavy atom. The second-order valence-electron chi connectivity index (χ2n) is 6.09. The van der Waals surface area contributed by atoms with Crippen molar-refractivity contribution >= 4 is 44.2 Å². The number of para-hydroxylation sites is 3. The van der Waals surface area contributed by atoms with Gasteiger partial charge in [-0.2, -0.15) is 5.10 Å². The van der Waals surface area contributed by atoms with Crippen LogP contribution in [0.4, 0.5) is 0 Å². The lowest BCUT2D eigenvalue weighted by Gasteiger charge is -2.00. The van der Waals surface area contributed by atoms with Crippen LogP contribution in [0.1, 0.15) is 16.4 Å². The Morgan fingerprint density at radius 1 is 1.04 bits per heavy atom. The third kappa shape index (κ3) is 2.60. The average molecular weight is 357 g/mol. The summed E-state index contributed by atoms with van der Waals surface area (Å²) in [6, 6.07) is 16.2. The van der Waals surface area contributed by atoms with E-state index in [4.69, 9.17) is 9.97 Å². The van der Waals surface area contributed by atoms with Crippen LogP contribution in [0, 0.1) is 0 Å². The summed E-state index contributed by atoms with van der Waals surface area (Å²) in [6.45, 7) is 0. The van der Waals surface area contributed by atoms with Crippen LogP contribution in [-0.2, 0) is 7.05 Å². The van der Waals surface area contributed by atoms with E-state index in [-0.39, 0.29) is 0 Å². The van der Waals surface area contributed by atoms with Gasteiger partial charge in [0.1, 0.15) is 10.8 Å². The summed E-state index contributed by atoms with van der Waals surface area (Å²) in [4.78, 5) is 13.0. The lowest BCUT2D eigenvalue weighted by molar-refractivity contribution is 0.767. The second kappa shape index (κ2) is 5.93. The zero-order chi connectivity index (χ0) is 17.5. The molecule has 0 saturated heterocycles. The minimum atomic E-state index is 0.814. The zero-order valence-electron chi connectivity index (χ0n) is 14.0. The van der Waals surface area contributed by atoms with E-state index >= 15 is 0 Å². The number of fused-ring (bicyclic) bond motifs is 2. The summed E-state index contributed by atoms with van der Waals surface area (Å²) in [5.41, 5.74) is 4.94.